The van der Waals surface area contributed by atoms with Crippen molar-refractivity contribution in [1.29, 1.82) is 0 Å². The summed E-state index contributed by atoms with van der Waals surface area (Å²) in [6.45, 7) is 10.8. The zero-order valence-electron chi connectivity index (χ0n) is 13.3. The lowest BCUT2D eigenvalue weighted by molar-refractivity contribution is 0.0963. The van der Waals surface area contributed by atoms with Crippen molar-refractivity contribution in [2.24, 2.45) is 0 Å². The highest BCUT2D eigenvalue weighted by Crippen LogP contribution is 2.25. The van der Waals surface area contributed by atoms with Crippen molar-refractivity contribution in [3.8, 4) is 11.5 Å². The summed E-state index contributed by atoms with van der Waals surface area (Å²) in [6, 6.07) is 2.18. The van der Waals surface area contributed by atoms with Gasteiger partial charge in [0.25, 0.3) is 5.89 Å². The topological polar surface area (TPSA) is 75.5 Å². The van der Waals surface area contributed by atoms with Gasteiger partial charge < -0.3 is 13.9 Å². The van der Waals surface area contributed by atoms with Crippen molar-refractivity contribution in [2.45, 2.75) is 53.3 Å². The first kappa shape index (κ1) is 15.7. The molecule has 0 aliphatic rings. The van der Waals surface area contributed by atoms with Crippen molar-refractivity contribution in [2.75, 3.05) is 6.54 Å². The van der Waals surface area contributed by atoms with E-state index >= 15 is 0 Å². The lowest BCUT2D eigenvalue weighted by atomic mass is 10.2. The molecule has 6 heteroatoms. The molecular weight excluding hydrogens is 270 g/mol. The second-order valence-corrected chi connectivity index (χ2v) is 5.70. The van der Waals surface area contributed by atoms with Gasteiger partial charge in [-0.1, -0.05) is 0 Å². The zero-order valence-corrected chi connectivity index (χ0v) is 13.3. The van der Waals surface area contributed by atoms with E-state index in [4.69, 9.17) is 8.83 Å². The van der Waals surface area contributed by atoms with Crippen molar-refractivity contribution >= 4 is 0 Å². The van der Waals surface area contributed by atoms with E-state index in [-0.39, 0.29) is 6.04 Å². The molecule has 0 bridgehead atoms. The third-order valence-electron chi connectivity index (χ3n) is 3.31. The third-order valence-corrected chi connectivity index (χ3v) is 3.31. The molecule has 0 aliphatic heterocycles. The molecule has 0 spiro atoms. The van der Waals surface area contributed by atoms with Gasteiger partial charge in [-0.15, -0.1) is 10.2 Å². The maximum absolute atomic E-state index is 9.55. The minimum Gasteiger partial charge on any atom is -0.466 e. The van der Waals surface area contributed by atoms with Crippen LogP contribution in [0.15, 0.2) is 14.9 Å². The van der Waals surface area contributed by atoms with Crippen LogP contribution in [0.2, 0.25) is 0 Å². The van der Waals surface area contributed by atoms with Crippen LogP contribution < -0.4 is 0 Å². The first-order valence-corrected chi connectivity index (χ1v) is 7.18. The fraction of sp³-hybridized carbons (Fsp3) is 0.600. The van der Waals surface area contributed by atoms with Crippen LogP contribution in [-0.4, -0.2) is 38.9 Å². The molecule has 21 heavy (non-hydrogen) atoms. The Labute approximate surface area is 124 Å². The molecule has 0 radical (unpaired) electrons. The fourth-order valence-electron chi connectivity index (χ4n) is 2.24. The Morgan fingerprint density at radius 2 is 1.90 bits per heavy atom. The molecule has 0 amide bonds. The summed E-state index contributed by atoms with van der Waals surface area (Å²) in [5.41, 5.74) is 0.831. The largest absolute Gasteiger partial charge is 0.466 e. The molecule has 1 atom stereocenters. The summed E-state index contributed by atoms with van der Waals surface area (Å²) in [5, 5.41) is 17.7. The van der Waals surface area contributed by atoms with Gasteiger partial charge in [-0.3, -0.25) is 4.90 Å². The second-order valence-electron chi connectivity index (χ2n) is 5.70. The van der Waals surface area contributed by atoms with E-state index in [0.29, 0.717) is 24.9 Å². The molecule has 0 saturated carbocycles. The number of aryl methyl sites for hydroxylation is 2. The molecule has 1 N–H and O–H groups in total. The highest BCUT2D eigenvalue weighted by Gasteiger charge is 2.18. The lowest BCUT2D eigenvalue weighted by Crippen LogP contribution is -2.36. The van der Waals surface area contributed by atoms with E-state index in [1.54, 1.807) is 6.92 Å². The molecule has 6 nitrogen and oxygen atoms in total. The van der Waals surface area contributed by atoms with Gasteiger partial charge in [-0.2, -0.15) is 0 Å². The van der Waals surface area contributed by atoms with Crippen LogP contribution in [0.1, 0.15) is 38.2 Å². The number of furan rings is 1. The lowest BCUT2D eigenvalue weighted by Gasteiger charge is -2.25. The highest BCUT2D eigenvalue weighted by atomic mass is 16.4. The number of aliphatic hydroxyl groups excluding tert-OH is 1. The van der Waals surface area contributed by atoms with Crippen molar-refractivity contribution < 1.29 is 13.9 Å². The predicted octanol–water partition coefficient (Wildman–Crippen LogP) is 2.54. The Bertz CT molecular complexity index is 587. The van der Waals surface area contributed by atoms with Gasteiger partial charge in [0.2, 0.25) is 5.89 Å². The summed E-state index contributed by atoms with van der Waals surface area (Å²) in [7, 11) is 0. The molecule has 1 unspecified atom stereocenters. The van der Waals surface area contributed by atoms with Gasteiger partial charge in [-0.25, -0.2) is 0 Å². The Hall–Kier alpha value is -1.66. The molecule has 0 saturated heterocycles. The number of hydrogen-bond acceptors (Lipinski definition) is 6. The van der Waals surface area contributed by atoms with E-state index in [1.807, 2.05) is 19.9 Å². The van der Waals surface area contributed by atoms with Gasteiger partial charge in [0.15, 0.2) is 0 Å². The monoisotopic (exact) mass is 293 g/mol. The van der Waals surface area contributed by atoms with Crippen molar-refractivity contribution in [3.63, 3.8) is 0 Å². The Balaban J connectivity index is 2.14. The van der Waals surface area contributed by atoms with Crippen LogP contribution in [0.5, 0.6) is 0 Å². The normalized spacial score (nSPS) is 13.3. The highest BCUT2D eigenvalue weighted by molar-refractivity contribution is 5.55. The first-order chi connectivity index (χ1) is 9.86. The number of nitrogens with zero attached hydrogens (tertiary/aromatic N) is 3. The first-order valence-electron chi connectivity index (χ1n) is 7.18. The van der Waals surface area contributed by atoms with Crippen molar-refractivity contribution in [3.05, 3.63) is 23.5 Å². The summed E-state index contributed by atoms with van der Waals surface area (Å²) >= 11 is 0. The molecule has 2 aromatic rings. The second kappa shape index (κ2) is 6.41. The van der Waals surface area contributed by atoms with E-state index in [0.717, 1.165) is 17.1 Å². The van der Waals surface area contributed by atoms with Gasteiger partial charge in [0.05, 0.1) is 18.2 Å². The molecule has 0 fully saturated rings. The van der Waals surface area contributed by atoms with Crippen LogP contribution in [0.25, 0.3) is 11.5 Å². The van der Waals surface area contributed by atoms with Gasteiger partial charge in [0.1, 0.15) is 11.5 Å². The van der Waals surface area contributed by atoms with Gasteiger partial charge in [-0.05, 0) is 40.7 Å². The maximum atomic E-state index is 9.55. The van der Waals surface area contributed by atoms with Crippen LogP contribution in [0.4, 0.5) is 0 Å². The minimum absolute atomic E-state index is 0.285. The number of rotatable bonds is 6. The molecule has 0 aliphatic carbocycles. The predicted molar refractivity (Wildman–Crippen MR) is 78.7 cm³/mol. The van der Waals surface area contributed by atoms with E-state index < -0.39 is 6.10 Å². The van der Waals surface area contributed by atoms with Crippen LogP contribution in [0.3, 0.4) is 0 Å². The van der Waals surface area contributed by atoms with E-state index in [9.17, 15) is 5.11 Å². The number of hydrogen-bond donors (Lipinski definition) is 1. The van der Waals surface area contributed by atoms with Gasteiger partial charge >= 0.3 is 0 Å². The van der Waals surface area contributed by atoms with E-state index in [1.165, 1.54) is 0 Å². The number of aliphatic hydroxyl groups is 1. The van der Waals surface area contributed by atoms with Crippen molar-refractivity contribution in [1.82, 2.24) is 15.1 Å². The summed E-state index contributed by atoms with van der Waals surface area (Å²) in [6.07, 6.45) is -0.395. The summed E-state index contributed by atoms with van der Waals surface area (Å²) in [4.78, 5) is 2.09. The Morgan fingerprint density at radius 3 is 2.43 bits per heavy atom. The average Bonchev–Trinajstić information content (AvgIpc) is 2.94. The molecule has 2 rings (SSSR count). The SMILES string of the molecule is Cc1cc(-c2nnc(CN(CC(C)O)C(C)C)o2)c(C)o1. The summed E-state index contributed by atoms with van der Waals surface area (Å²) < 4.78 is 11.2. The third kappa shape index (κ3) is 3.92. The Kier molecular flexibility index (Phi) is 4.80. The van der Waals surface area contributed by atoms with Crippen LogP contribution >= 0.6 is 0 Å². The van der Waals surface area contributed by atoms with Crippen LogP contribution in [-0.2, 0) is 6.54 Å². The minimum atomic E-state index is -0.395. The zero-order chi connectivity index (χ0) is 15.6. The standard InChI is InChI=1S/C15H23N3O3/c1-9(2)18(7-10(3)19)8-14-16-17-15(21-14)13-6-11(4)20-12(13)5/h6,9-10,19H,7-8H2,1-5H3. The molecule has 2 heterocycles. The smallest absolute Gasteiger partial charge is 0.251 e. The molecule has 0 aromatic carbocycles. The van der Waals surface area contributed by atoms with E-state index in [2.05, 4.69) is 28.9 Å². The molecule has 116 valence electrons. The summed E-state index contributed by atoms with van der Waals surface area (Å²) in [5.74, 6) is 2.60. The Morgan fingerprint density at radius 1 is 1.19 bits per heavy atom. The van der Waals surface area contributed by atoms with Crippen LogP contribution in [0, 0.1) is 13.8 Å². The average molecular weight is 293 g/mol. The maximum Gasteiger partial charge on any atom is 0.251 e. The fourth-order valence-corrected chi connectivity index (χ4v) is 2.24. The number of aromatic nitrogens is 2. The molecular formula is C15H23N3O3. The molecule has 2 aromatic heterocycles. The van der Waals surface area contributed by atoms with Gasteiger partial charge in [0, 0.05) is 12.6 Å². The quantitative estimate of drug-likeness (QED) is 0.882.